The number of benzene rings is 1. The van der Waals surface area contributed by atoms with Crippen molar-refractivity contribution >= 4 is 21.4 Å². The maximum Gasteiger partial charge on any atom is 0.137 e. The van der Waals surface area contributed by atoms with Gasteiger partial charge in [0.2, 0.25) is 0 Å². The Morgan fingerprint density at radius 2 is 2.23 bits per heavy atom. The second-order valence-electron chi connectivity index (χ2n) is 2.98. The summed E-state index contributed by atoms with van der Waals surface area (Å²) in [5.74, 6) is 1.01. The minimum atomic E-state index is 0.732. The van der Waals surface area contributed by atoms with E-state index in [2.05, 4.69) is 18.4 Å². The molecule has 68 valence electrons. The Kier molecular flexibility index (Phi) is 2.23. The van der Waals surface area contributed by atoms with Gasteiger partial charge in [0.15, 0.2) is 0 Å². The summed E-state index contributed by atoms with van der Waals surface area (Å²) < 4.78 is 6.81. The summed E-state index contributed by atoms with van der Waals surface area (Å²) >= 11 is 1.76. The molecule has 13 heavy (non-hydrogen) atoms. The largest absolute Gasteiger partial charge is 0.492 e. The lowest BCUT2D eigenvalue weighted by Gasteiger charge is -2.03. The zero-order chi connectivity index (χ0) is 9.26. The van der Waals surface area contributed by atoms with Crippen molar-refractivity contribution in [2.75, 3.05) is 6.61 Å². The van der Waals surface area contributed by atoms with E-state index in [1.54, 1.807) is 11.3 Å². The number of hydrogen-bond donors (Lipinski definition) is 0. The van der Waals surface area contributed by atoms with E-state index in [-0.39, 0.29) is 0 Å². The Morgan fingerprint density at radius 3 is 3.00 bits per heavy atom. The minimum Gasteiger partial charge on any atom is -0.492 e. The quantitative estimate of drug-likeness (QED) is 0.706. The molecule has 1 heterocycles. The number of fused-ring (bicyclic) bond motifs is 1. The predicted octanol–water partition coefficient (Wildman–Crippen LogP) is 3.61. The first-order valence-electron chi connectivity index (χ1n) is 4.42. The van der Waals surface area contributed by atoms with E-state index in [1.165, 1.54) is 15.6 Å². The van der Waals surface area contributed by atoms with Crippen LogP contribution in [0.5, 0.6) is 5.75 Å². The maximum absolute atomic E-state index is 5.54. The van der Waals surface area contributed by atoms with Gasteiger partial charge in [-0.25, -0.2) is 0 Å². The number of aryl methyl sites for hydroxylation is 1. The second-order valence-corrected chi connectivity index (χ2v) is 3.86. The molecule has 0 aliphatic heterocycles. The average molecular weight is 192 g/mol. The molecule has 0 fully saturated rings. The first-order valence-corrected chi connectivity index (χ1v) is 5.30. The SMILES string of the molecule is CCOc1cccc2c(C)csc12. The molecule has 0 aliphatic rings. The number of rotatable bonds is 2. The molecule has 1 nitrogen and oxygen atoms in total. The summed E-state index contributed by atoms with van der Waals surface area (Å²) in [6.45, 7) is 4.88. The molecule has 2 heteroatoms. The van der Waals surface area contributed by atoms with Gasteiger partial charge in [0.1, 0.15) is 5.75 Å². The fourth-order valence-corrected chi connectivity index (χ4v) is 2.45. The monoisotopic (exact) mass is 192 g/mol. The van der Waals surface area contributed by atoms with E-state index in [0.29, 0.717) is 0 Å². The van der Waals surface area contributed by atoms with Gasteiger partial charge in [-0.15, -0.1) is 11.3 Å². The van der Waals surface area contributed by atoms with Crippen LogP contribution >= 0.6 is 11.3 Å². The van der Waals surface area contributed by atoms with E-state index >= 15 is 0 Å². The van der Waals surface area contributed by atoms with Crippen molar-refractivity contribution < 1.29 is 4.74 Å². The highest BCUT2D eigenvalue weighted by Crippen LogP contribution is 2.33. The van der Waals surface area contributed by atoms with Crippen molar-refractivity contribution in [3.8, 4) is 5.75 Å². The summed E-state index contributed by atoms with van der Waals surface area (Å²) in [6, 6.07) is 6.22. The molecule has 0 amide bonds. The van der Waals surface area contributed by atoms with Crippen LogP contribution in [-0.2, 0) is 0 Å². The standard InChI is InChI=1S/C11H12OS/c1-3-12-10-6-4-5-9-8(2)7-13-11(9)10/h4-7H,3H2,1-2H3. The van der Waals surface area contributed by atoms with E-state index < -0.39 is 0 Å². The second kappa shape index (κ2) is 3.38. The molecule has 0 unspecified atom stereocenters. The highest BCUT2D eigenvalue weighted by atomic mass is 32.1. The predicted molar refractivity (Wildman–Crippen MR) is 57.7 cm³/mol. The number of hydrogen-bond acceptors (Lipinski definition) is 2. The zero-order valence-corrected chi connectivity index (χ0v) is 8.65. The van der Waals surface area contributed by atoms with Crippen molar-refractivity contribution in [3.05, 3.63) is 29.1 Å². The Bertz CT molecular complexity index is 417. The highest BCUT2D eigenvalue weighted by Gasteiger charge is 2.04. The molecule has 0 atom stereocenters. The lowest BCUT2D eigenvalue weighted by molar-refractivity contribution is 0.345. The lowest BCUT2D eigenvalue weighted by Crippen LogP contribution is -1.90. The number of thiophene rings is 1. The molecule has 0 aliphatic carbocycles. The van der Waals surface area contributed by atoms with Crippen LogP contribution in [-0.4, -0.2) is 6.61 Å². The molecule has 0 N–H and O–H groups in total. The first-order chi connectivity index (χ1) is 6.33. The van der Waals surface area contributed by atoms with Crippen LogP contribution in [0.3, 0.4) is 0 Å². The Hall–Kier alpha value is -1.02. The lowest BCUT2D eigenvalue weighted by atomic mass is 10.2. The molecule has 1 aromatic carbocycles. The highest BCUT2D eigenvalue weighted by molar-refractivity contribution is 7.17. The van der Waals surface area contributed by atoms with Gasteiger partial charge in [-0.2, -0.15) is 0 Å². The van der Waals surface area contributed by atoms with Crippen LogP contribution in [0, 0.1) is 6.92 Å². The molecule has 1 aromatic heterocycles. The van der Waals surface area contributed by atoms with Crippen LogP contribution < -0.4 is 4.74 Å². The third kappa shape index (κ3) is 1.42. The smallest absolute Gasteiger partial charge is 0.137 e. The molecular weight excluding hydrogens is 180 g/mol. The van der Waals surface area contributed by atoms with Crippen LogP contribution in [0.15, 0.2) is 23.6 Å². The zero-order valence-electron chi connectivity index (χ0n) is 7.83. The Morgan fingerprint density at radius 1 is 1.38 bits per heavy atom. The fraction of sp³-hybridized carbons (Fsp3) is 0.273. The van der Waals surface area contributed by atoms with Gasteiger partial charge in [0, 0.05) is 0 Å². The maximum atomic E-state index is 5.54. The van der Waals surface area contributed by atoms with Crippen molar-refractivity contribution in [3.63, 3.8) is 0 Å². The van der Waals surface area contributed by atoms with Crippen molar-refractivity contribution in [2.24, 2.45) is 0 Å². The molecule has 0 saturated carbocycles. The first kappa shape index (κ1) is 8.57. The van der Waals surface area contributed by atoms with Crippen LogP contribution in [0.1, 0.15) is 12.5 Å². The number of ether oxygens (including phenoxy) is 1. The normalized spacial score (nSPS) is 10.6. The molecule has 0 bridgehead atoms. The van der Waals surface area contributed by atoms with Gasteiger partial charge in [-0.05, 0) is 36.2 Å². The van der Waals surface area contributed by atoms with Gasteiger partial charge in [-0.3, -0.25) is 0 Å². The third-order valence-corrected chi connectivity index (χ3v) is 3.19. The third-order valence-electron chi connectivity index (χ3n) is 2.06. The summed E-state index contributed by atoms with van der Waals surface area (Å²) in [5, 5.41) is 3.49. The van der Waals surface area contributed by atoms with Gasteiger partial charge >= 0.3 is 0 Å². The van der Waals surface area contributed by atoms with E-state index in [4.69, 9.17) is 4.74 Å². The molecule has 2 aromatic rings. The van der Waals surface area contributed by atoms with Crippen molar-refractivity contribution in [1.82, 2.24) is 0 Å². The van der Waals surface area contributed by atoms with Crippen LogP contribution in [0.2, 0.25) is 0 Å². The summed E-state index contributed by atoms with van der Waals surface area (Å²) in [4.78, 5) is 0. The Labute approximate surface area is 82.0 Å². The van der Waals surface area contributed by atoms with Gasteiger partial charge in [0.05, 0.1) is 11.3 Å². The van der Waals surface area contributed by atoms with Crippen molar-refractivity contribution in [2.45, 2.75) is 13.8 Å². The molecule has 0 spiro atoms. The molecule has 0 radical (unpaired) electrons. The summed E-state index contributed by atoms with van der Waals surface area (Å²) in [5.41, 5.74) is 1.33. The minimum absolute atomic E-state index is 0.732. The van der Waals surface area contributed by atoms with Gasteiger partial charge < -0.3 is 4.74 Å². The van der Waals surface area contributed by atoms with Crippen LogP contribution in [0.25, 0.3) is 10.1 Å². The fourth-order valence-electron chi connectivity index (χ4n) is 1.43. The molecule has 0 saturated heterocycles. The molecular formula is C11H12OS. The molecule has 2 rings (SSSR count). The van der Waals surface area contributed by atoms with Gasteiger partial charge in [-0.1, -0.05) is 12.1 Å². The topological polar surface area (TPSA) is 9.23 Å². The van der Waals surface area contributed by atoms with E-state index in [0.717, 1.165) is 12.4 Å². The van der Waals surface area contributed by atoms with Crippen LogP contribution in [0.4, 0.5) is 0 Å². The summed E-state index contributed by atoms with van der Waals surface area (Å²) in [7, 11) is 0. The van der Waals surface area contributed by atoms with Gasteiger partial charge in [0.25, 0.3) is 0 Å². The Balaban J connectivity index is 2.63. The van der Waals surface area contributed by atoms with E-state index in [9.17, 15) is 0 Å². The van der Waals surface area contributed by atoms with Crippen molar-refractivity contribution in [1.29, 1.82) is 0 Å². The van der Waals surface area contributed by atoms with E-state index in [1.807, 2.05) is 19.1 Å². The average Bonchev–Trinajstić information content (AvgIpc) is 2.50. The summed E-state index contributed by atoms with van der Waals surface area (Å²) in [6.07, 6.45) is 0.